The topological polar surface area (TPSA) is 55.8 Å². The maximum Gasteiger partial charge on any atom is 0.309 e. The fourth-order valence-corrected chi connectivity index (χ4v) is 3.78. The highest BCUT2D eigenvalue weighted by Gasteiger charge is 2.51. The van der Waals surface area contributed by atoms with Gasteiger partial charge in [0.2, 0.25) is 5.79 Å². The van der Waals surface area contributed by atoms with Crippen molar-refractivity contribution < 1.29 is 19.4 Å². The molecule has 0 aromatic carbocycles. The van der Waals surface area contributed by atoms with E-state index in [9.17, 15) is 9.90 Å². The molecule has 1 heterocycles. The number of hydrogen-bond acceptors (Lipinski definition) is 3. The molecule has 3 saturated carbocycles. The van der Waals surface area contributed by atoms with Crippen LogP contribution >= 0.6 is 0 Å². The van der Waals surface area contributed by atoms with Gasteiger partial charge in [0, 0.05) is 13.3 Å². The molecule has 110 valence electrons. The molecule has 0 aromatic rings. The van der Waals surface area contributed by atoms with Crippen molar-refractivity contribution >= 4 is 5.97 Å². The van der Waals surface area contributed by atoms with Gasteiger partial charge in [0.25, 0.3) is 0 Å². The molecule has 20 heavy (non-hydrogen) atoms. The van der Waals surface area contributed by atoms with Crippen LogP contribution in [-0.2, 0) is 14.3 Å². The molecule has 4 rings (SSSR count). The van der Waals surface area contributed by atoms with Crippen LogP contribution < -0.4 is 0 Å². The third-order valence-corrected chi connectivity index (χ3v) is 5.41. The summed E-state index contributed by atoms with van der Waals surface area (Å²) in [5.41, 5.74) is -0.219. The van der Waals surface area contributed by atoms with Crippen molar-refractivity contribution in [1.29, 1.82) is 0 Å². The third kappa shape index (κ3) is 2.21. The van der Waals surface area contributed by atoms with Crippen LogP contribution in [0.5, 0.6) is 0 Å². The Labute approximate surface area is 119 Å². The summed E-state index contributed by atoms with van der Waals surface area (Å²) >= 11 is 0. The molecule has 0 atom stereocenters. The number of carboxylic acid groups (broad SMARTS) is 1. The van der Waals surface area contributed by atoms with E-state index in [1.54, 1.807) is 12.5 Å². The van der Waals surface area contributed by atoms with Gasteiger partial charge in [-0.1, -0.05) is 12.2 Å². The van der Waals surface area contributed by atoms with Crippen molar-refractivity contribution in [2.75, 3.05) is 0 Å². The van der Waals surface area contributed by atoms with Crippen LogP contribution in [0.15, 0.2) is 24.7 Å². The zero-order chi connectivity index (χ0) is 14.3. The first-order valence-electron chi connectivity index (χ1n) is 7.40. The van der Waals surface area contributed by atoms with Gasteiger partial charge in [-0.05, 0) is 43.9 Å². The first-order valence-corrected chi connectivity index (χ1v) is 7.40. The summed E-state index contributed by atoms with van der Waals surface area (Å²) in [5, 5.41) is 9.39. The lowest BCUT2D eigenvalue weighted by Gasteiger charge is -2.50. The molecular weight excluding hydrogens is 256 g/mol. The smallest absolute Gasteiger partial charge is 0.309 e. The van der Waals surface area contributed by atoms with Gasteiger partial charge in [-0.15, -0.1) is 0 Å². The molecular formula is C16H22O4. The minimum atomic E-state index is -0.596. The SMILES string of the molecule is CC1(C/C=C/C23CCC(C(=O)O)(CC2)CC3)OC=CO1. The molecule has 0 spiro atoms. The molecule has 4 heteroatoms. The summed E-state index contributed by atoms with van der Waals surface area (Å²) in [5.74, 6) is -1.16. The fourth-order valence-electron chi connectivity index (χ4n) is 3.78. The molecule has 3 aliphatic carbocycles. The summed E-state index contributed by atoms with van der Waals surface area (Å²) in [4.78, 5) is 11.4. The highest BCUT2D eigenvalue weighted by atomic mass is 16.7. The second kappa shape index (κ2) is 4.54. The number of allylic oxidation sites excluding steroid dienone is 1. The van der Waals surface area contributed by atoms with Crippen LogP contribution in [0.25, 0.3) is 0 Å². The van der Waals surface area contributed by atoms with Crippen molar-refractivity contribution in [3.8, 4) is 0 Å². The molecule has 0 radical (unpaired) electrons. The molecule has 0 amide bonds. The third-order valence-electron chi connectivity index (χ3n) is 5.41. The van der Waals surface area contributed by atoms with Gasteiger partial charge in [-0.3, -0.25) is 4.79 Å². The van der Waals surface area contributed by atoms with E-state index >= 15 is 0 Å². The van der Waals surface area contributed by atoms with Crippen LogP contribution in [0, 0.1) is 10.8 Å². The molecule has 1 aliphatic heterocycles. The summed E-state index contributed by atoms with van der Waals surface area (Å²) < 4.78 is 10.8. The molecule has 4 nitrogen and oxygen atoms in total. The highest BCUT2D eigenvalue weighted by Crippen LogP contribution is 2.57. The number of rotatable bonds is 4. The number of fused-ring (bicyclic) bond motifs is 3. The van der Waals surface area contributed by atoms with Gasteiger partial charge in [0.15, 0.2) is 0 Å². The van der Waals surface area contributed by atoms with E-state index in [-0.39, 0.29) is 5.41 Å². The zero-order valence-corrected chi connectivity index (χ0v) is 11.9. The van der Waals surface area contributed by atoms with E-state index < -0.39 is 17.2 Å². The average Bonchev–Trinajstić information content (AvgIpc) is 2.87. The number of carboxylic acids is 1. The van der Waals surface area contributed by atoms with Crippen molar-refractivity contribution in [2.24, 2.45) is 10.8 Å². The van der Waals surface area contributed by atoms with Gasteiger partial charge in [0.05, 0.1) is 5.41 Å². The van der Waals surface area contributed by atoms with Crippen molar-refractivity contribution in [3.05, 3.63) is 24.7 Å². The lowest BCUT2D eigenvalue weighted by molar-refractivity contribution is -0.157. The van der Waals surface area contributed by atoms with Crippen LogP contribution in [0.4, 0.5) is 0 Å². The Bertz CT molecular complexity index is 431. The maximum absolute atomic E-state index is 11.4. The molecule has 0 saturated heterocycles. The van der Waals surface area contributed by atoms with Crippen LogP contribution in [0.1, 0.15) is 51.9 Å². The Balaban J connectivity index is 1.61. The van der Waals surface area contributed by atoms with Crippen LogP contribution in [0.3, 0.4) is 0 Å². The van der Waals surface area contributed by atoms with E-state index in [1.807, 2.05) is 6.92 Å². The average molecular weight is 278 g/mol. The Hall–Kier alpha value is -1.45. The van der Waals surface area contributed by atoms with Crippen molar-refractivity contribution in [3.63, 3.8) is 0 Å². The van der Waals surface area contributed by atoms with E-state index in [0.717, 1.165) is 38.5 Å². The van der Waals surface area contributed by atoms with Crippen molar-refractivity contribution in [2.45, 2.75) is 57.7 Å². The number of ether oxygens (including phenoxy) is 2. The standard InChI is InChI=1S/C16H22O4/c1-14(19-11-12-20-14)3-2-4-15-5-8-16(9-6-15,10-7-15)13(17)18/h2,4,11-12H,3,5-10H2,1H3,(H,17,18)/b4-2+. The Morgan fingerprint density at radius 1 is 1.15 bits per heavy atom. The molecule has 4 aliphatic rings. The summed E-state index contributed by atoms with van der Waals surface area (Å²) in [6, 6.07) is 0. The van der Waals surface area contributed by atoms with Gasteiger partial charge in [0.1, 0.15) is 12.5 Å². The van der Waals surface area contributed by atoms with Crippen LogP contribution in [0.2, 0.25) is 0 Å². The number of carbonyl (C=O) groups is 1. The second-order valence-electron chi connectivity index (χ2n) is 6.70. The van der Waals surface area contributed by atoms with E-state index in [0.29, 0.717) is 6.42 Å². The van der Waals surface area contributed by atoms with Gasteiger partial charge in [-0.25, -0.2) is 0 Å². The van der Waals surface area contributed by atoms with E-state index in [1.165, 1.54) is 0 Å². The predicted octanol–water partition coefficient (Wildman–Crippen LogP) is 3.59. The maximum atomic E-state index is 11.4. The molecule has 0 aromatic heterocycles. The van der Waals surface area contributed by atoms with Crippen LogP contribution in [-0.4, -0.2) is 16.9 Å². The van der Waals surface area contributed by atoms with Gasteiger partial charge < -0.3 is 14.6 Å². The molecule has 0 unspecified atom stereocenters. The van der Waals surface area contributed by atoms with Gasteiger partial charge in [-0.2, -0.15) is 0 Å². The minimum Gasteiger partial charge on any atom is -0.481 e. The first kappa shape index (κ1) is 13.5. The Morgan fingerprint density at radius 3 is 2.20 bits per heavy atom. The zero-order valence-electron chi connectivity index (χ0n) is 11.9. The molecule has 2 bridgehead atoms. The summed E-state index contributed by atoms with van der Waals surface area (Å²) in [6.45, 7) is 1.92. The molecule has 3 fully saturated rings. The normalized spacial score (nSPS) is 37.9. The first-order chi connectivity index (χ1) is 9.48. The fraction of sp³-hybridized carbons (Fsp3) is 0.688. The monoisotopic (exact) mass is 278 g/mol. The lowest BCUT2D eigenvalue weighted by Crippen LogP contribution is -2.45. The van der Waals surface area contributed by atoms with Gasteiger partial charge >= 0.3 is 5.97 Å². The second-order valence-corrected chi connectivity index (χ2v) is 6.70. The highest BCUT2D eigenvalue weighted by molar-refractivity contribution is 5.75. The number of hydrogen-bond donors (Lipinski definition) is 1. The quantitative estimate of drug-likeness (QED) is 0.798. The Kier molecular flexibility index (Phi) is 3.07. The lowest BCUT2D eigenvalue weighted by atomic mass is 9.53. The van der Waals surface area contributed by atoms with E-state index in [2.05, 4.69) is 12.2 Å². The summed E-state index contributed by atoms with van der Waals surface area (Å²) in [7, 11) is 0. The largest absolute Gasteiger partial charge is 0.481 e. The summed E-state index contributed by atoms with van der Waals surface area (Å²) in [6.07, 6.45) is 13.7. The van der Waals surface area contributed by atoms with E-state index in [4.69, 9.17) is 9.47 Å². The van der Waals surface area contributed by atoms with Crippen molar-refractivity contribution in [1.82, 2.24) is 0 Å². The Morgan fingerprint density at radius 2 is 1.70 bits per heavy atom. The predicted molar refractivity (Wildman–Crippen MR) is 73.7 cm³/mol. The number of aliphatic carboxylic acids is 1. The minimum absolute atomic E-state index is 0.208. The molecule has 1 N–H and O–H groups in total.